The molecular formula is C14H19NO4. The molecule has 1 fully saturated rings. The van der Waals surface area contributed by atoms with Gasteiger partial charge in [-0.2, -0.15) is 0 Å². The predicted molar refractivity (Wildman–Crippen MR) is 70.0 cm³/mol. The zero-order chi connectivity index (χ0) is 13.7. The molecule has 0 aliphatic heterocycles. The van der Waals surface area contributed by atoms with E-state index in [0.717, 1.165) is 19.3 Å². The summed E-state index contributed by atoms with van der Waals surface area (Å²) in [7, 11) is 0. The highest BCUT2D eigenvalue weighted by Gasteiger charge is 2.27. The van der Waals surface area contributed by atoms with Gasteiger partial charge >= 0.3 is 0 Å². The van der Waals surface area contributed by atoms with Crippen molar-refractivity contribution >= 4 is 5.91 Å². The minimum atomic E-state index is -0.228. The van der Waals surface area contributed by atoms with Crippen molar-refractivity contribution in [3.63, 3.8) is 0 Å². The lowest BCUT2D eigenvalue weighted by molar-refractivity contribution is -0.124. The molecule has 0 radical (unpaired) electrons. The minimum absolute atomic E-state index is 0.0180. The number of aromatic hydroxyl groups is 1. The molecule has 1 saturated carbocycles. The number of carbonyl (C=O) groups excluding carboxylic acids is 1. The summed E-state index contributed by atoms with van der Waals surface area (Å²) in [6, 6.07) is 6.56. The van der Waals surface area contributed by atoms with Gasteiger partial charge in [0.25, 0.3) is 5.91 Å². The molecule has 5 heteroatoms. The summed E-state index contributed by atoms with van der Waals surface area (Å²) in [5.41, 5.74) is 0. The second-order valence-electron chi connectivity index (χ2n) is 4.80. The van der Waals surface area contributed by atoms with Gasteiger partial charge in [-0.3, -0.25) is 4.79 Å². The molecule has 0 saturated heterocycles. The van der Waals surface area contributed by atoms with Crippen LogP contribution in [0.5, 0.6) is 11.5 Å². The molecule has 0 heterocycles. The molecular weight excluding hydrogens is 246 g/mol. The highest BCUT2D eigenvalue weighted by Crippen LogP contribution is 2.26. The summed E-state index contributed by atoms with van der Waals surface area (Å²) in [6.45, 7) is -0.0303. The highest BCUT2D eigenvalue weighted by molar-refractivity contribution is 5.78. The third-order valence-electron chi connectivity index (χ3n) is 3.46. The van der Waals surface area contributed by atoms with Crippen LogP contribution in [-0.4, -0.2) is 35.4 Å². The first-order valence-electron chi connectivity index (χ1n) is 6.51. The number of carbonyl (C=O) groups is 1. The van der Waals surface area contributed by atoms with Crippen LogP contribution in [-0.2, 0) is 4.79 Å². The van der Waals surface area contributed by atoms with E-state index in [-0.39, 0.29) is 36.8 Å². The number of phenolic OH excluding ortho intramolecular Hbond substituents is 1. The average molecular weight is 265 g/mol. The molecule has 0 spiro atoms. The Kier molecular flexibility index (Phi) is 4.63. The first-order chi connectivity index (χ1) is 9.20. The summed E-state index contributed by atoms with van der Waals surface area (Å²) in [5, 5.41) is 21.5. The minimum Gasteiger partial charge on any atom is -0.504 e. The van der Waals surface area contributed by atoms with Gasteiger partial charge in [0.15, 0.2) is 18.1 Å². The second kappa shape index (κ2) is 6.43. The van der Waals surface area contributed by atoms with Crippen molar-refractivity contribution in [1.82, 2.24) is 5.32 Å². The Balaban J connectivity index is 1.80. The predicted octanol–water partition coefficient (Wildman–Crippen LogP) is 1.05. The molecule has 1 aliphatic carbocycles. The van der Waals surface area contributed by atoms with Crippen molar-refractivity contribution < 1.29 is 19.7 Å². The molecule has 2 unspecified atom stereocenters. The summed E-state index contributed by atoms with van der Waals surface area (Å²) >= 11 is 0. The number of amides is 1. The first kappa shape index (κ1) is 13.7. The number of hydrogen-bond acceptors (Lipinski definition) is 4. The SMILES string of the molecule is O=C(COc1ccccc1O)NC1CCCC1CO. The zero-order valence-corrected chi connectivity index (χ0v) is 10.7. The maximum absolute atomic E-state index is 11.7. The van der Waals surface area contributed by atoms with Gasteiger partial charge < -0.3 is 20.3 Å². The fourth-order valence-corrected chi connectivity index (χ4v) is 2.42. The molecule has 104 valence electrons. The third kappa shape index (κ3) is 3.61. The molecule has 3 N–H and O–H groups in total. The number of ether oxygens (including phenoxy) is 1. The summed E-state index contributed by atoms with van der Waals surface area (Å²) in [4.78, 5) is 11.7. The Morgan fingerprint density at radius 2 is 2.16 bits per heavy atom. The Hall–Kier alpha value is -1.75. The van der Waals surface area contributed by atoms with Crippen LogP contribution in [0.25, 0.3) is 0 Å². The number of aliphatic hydroxyl groups is 1. The van der Waals surface area contributed by atoms with Crippen molar-refractivity contribution in [3.05, 3.63) is 24.3 Å². The molecule has 1 aromatic carbocycles. The van der Waals surface area contributed by atoms with Crippen molar-refractivity contribution in [2.45, 2.75) is 25.3 Å². The van der Waals surface area contributed by atoms with Gasteiger partial charge in [-0.05, 0) is 25.0 Å². The van der Waals surface area contributed by atoms with Crippen molar-refractivity contribution in [2.75, 3.05) is 13.2 Å². The van der Waals surface area contributed by atoms with Crippen molar-refractivity contribution in [1.29, 1.82) is 0 Å². The highest BCUT2D eigenvalue weighted by atomic mass is 16.5. The van der Waals surface area contributed by atoms with E-state index in [9.17, 15) is 15.0 Å². The lowest BCUT2D eigenvalue weighted by Crippen LogP contribution is -2.40. The third-order valence-corrected chi connectivity index (χ3v) is 3.46. The van der Waals surface area contributed by atoms with Crippen LogP contribution >= 0.6 is 0 Å². The molecule has 1 amide bonds. The number of benzene rings is 1. The average Bonchev–Trinajstić information content (AvgIpc) is 2.85. The number of aliphatic hydroxyl groups excluding tert-OH is 1. The zero-order valence-electron chi connectivity index (χ0n) is 10.7. The van der Waals surface area contributed by atoms with Gasteiger partial charge in [-0.25, -0.2) is 0 Å². The summed E-state index contributed by atoms with van der Waals surface area (Å²) < 4.78 is 5.25. The Morgan fingerprint density at radius 3 is 2.89 bits per heavy atom. The normalized spacial score (nSPS) is 22.2. The fourth-order valence-electron chi connectivity index (χ4n) is 2.42. The largest absolute Gasteiger partial charge is 0.504 e. The van der Waals surface area contributed by atoms with Crippen LogP contribution in [0.4, 0.5) is 0 Å². The first-order valence-corrected chi connectivity index (χ1v) is 6.51. The molecule has 1 aliphatic rings. The number of hydrogen-bond donors (Lipinski definition) is 3. The lowest BCUT2D eigenvalue weighted by Gasteiger charge is -2.19. The fraction of sp³-hybridized carbons (Fsp3) is 0.500. The molecule has 0 aromatic heterocycles. The topological polar surface area (TPSA) is 78.8 Å². The van der Waals surface area contributed by atoms with Gasteiger partial charge in [-0.15, -0.1) is 0 Å². The van der Waals surface area contributed by atoms with Crippen molar-refractivity contribution in [3.8, 4) is 11.5 Å². The smallest absolute Gasteiger partial charge is 0.258 e. The van der Waals surface area contributed by atoms with Gasteiger partial charge in [0.1, 0.15) is 0 Å². The van der Waals surface area contributed by atoms with E-state index in [4.69, 9.17) is 4.74 Å². The van der Waals surface area contributed by atoms with Crippen LogP contribution in [0.1, 0.15) is 19.3 Å². The number of nitrogens with one attached hydrogen (secondary N) is 1. The van der Waals surface area contributed by atoms with Gasteiger partial charge in [0.2, 0.25) is 0 Å². The van der Waals surface area contributed by atoms with E-state index in [0.29, 0.717) is 5.75 Å². The van der Waals surface area contributed by atoms with Crippen molar-refractivity contribution in [2.24, 2.45) is 5.92 Å². The van der Waals surface area contributed by atoms with Gasteiger partial charge in [0.05, 0.1) is 0 Å². The van der Waals surface area contributed by atoms with Crippen LogP contribution in [0.2, 0.25) is 0 Å². The lowest BCUT2D eigenvalue weighted by atomic mass is 10.1. The Bertz CT molecular complexity index is 435. The van der Waals surface area contributed by atoms with Crippen LogP contribution in [0, 0.1) is 5.92 Å². The quantitative estimate of drug-likeness (QED) is 0.743. The Labute approximate surface area is 112 Å². The maximum Gasteiger partial charge on any atom is 0.258 e. The van der Waals surface area contributed by atoms with E-state index in [1.807, 2.05) is 0 Å². The molecule has 1 aromatic rings. The standard InChI is InChI=1S/C14H19NO4/c16-8-10-4-3-5-11(10)15-14(18)9-19-13-7-2-1-6-12(13)17/h1-2,6-7,10-11,16-17H,3-5,8-9H2,(H,15,18). The molecule has 2 atom stereocenters. The van der Waals surface area contributed by atoms with Crippen LogP contribution < -0.4 is 10.1 Å². The summed E-state index contributed by atoms with van der Waals surface area (Å²) in [6.07, 6.45) is 2.87. The van der Waals surface area contributed by atoms with Crippen LogP contribution in [0.3, 0.4) is 0 Å². The van der Waals surface area contributed by atoms with Gasteiger partial charge in [0, 0.05) is 18.6 Å². The number of rotatable bonds is 5. The monoisotopic (exact) mass is 265 g/mol. The summed E-state index contributed by atoms with van der Waals surface area (Å²) in [5.74, 6) is 0.231. The van der Waals surface area contributed by atoms with E-state index in [1.165, 1.54) is 6.07 Å². The van der Waals surface area contributed by atoms with E-state index < -0.39 is 0 Å². The van der Waals surface area contributed by atoms with Gasteiger partial charge in [-0.1, -0.05) is 18.6 Å². The number of para-hydroxylation sites is 2. The van der Waals surface area contributed by atoms with E-state index in [1.54, 1.807) is 18.2 Å². The molecule has 2 rings (SSSR count). The maximum atomic E-state index is 11.7. The molecule has 0 bridgehead atoms. The van der Waals surface area contributed by atoms with E-state index in [2.05, 4.69) is 5.32 Å². The molecule has 19 heavy (non-hydrogen) atoms. The molecule has 5 nitrogen and oxygen atoms in total. The number of phenols is 1. The second-order valence-corrected chi connectivity index (χ2v) is 4.80. The van der Waals surface area contributed by atoms with Crippen LogP contribution in [0.15, 0.2) is 24.3 Å². The van der Waals surface area contributed by atoms with E-state index >= 15 is 0 Å². The Morgan fingerprint density at radius 1 is 1.37 bits per heavy atom.